The second-order valence-electron chi connectivity index (χ2n) is 21.2. The number of anilines is 2. The second-order valence-corrected chi connectivity index (χ2v) is 21.2. The van der Waals surface area contributed by atoms with Crippen molar-refractivity contribution in [3.63, 3.8) is 0 Å². The molecule has 3 N–H and O–H groups in total. The molecule has 0 spiro atoms. The molecule has 69 heavy (non-hydrogen) atoms. The van der Waals surface area contributed by atoms with Gasteiger partial charge in [0, 0.05) is 71.8 Å². The lowest BCUT2D eigenvalue weighted by Gasteiger charge is -2.61. The first kappa shape index (κ1) is 50.1. The molecule has 372 valence electrons. The van der Waals surface area contributed by atoms with Crippen molar-refractivity contribution >= 4 is 51.0 Å². The van der Waals surface area contributed by atoms with Crippen LogP contribution in [0.15, 0.2) is 78.6 Å². The van der Waals surface area contributed by atoms with Gasteiger partial charge in [-0.1, -0.05) is 27.7 Å². The van der Waals surface area contributed by atoms with Crippen LogP contribution in [-0.4, -0.2) is 88.7 Å². The number of nitrogens with zero attached hydrogens (tertiary/aromatic N) is 2. The number of ketones is 1. The molecule has 0 aliphatic heterocycles. The van der Waals surface area contributed by atoms with Crippen LogP contribution >= 0.6 is 0 Å². The Labute approximate surface area is 403 Å². The molecular formula is C55H70N2O12. The Bertz CT molecular complexity index is 2780. The van der Waals surface area contributed by atoms with Crippen molar-refractivity contribution in [3.05, 3.63) is 92.1 Å². The number of aliphatic hydroxyl groups excluding tert-OH is 1. The Morgan fingerprint density at radius 3 is 1.80 bits per heavy atom. The highest BCUT2D eigenvalue weighted by Gasteiger charge is 2.69. The van der Waals surface area contributed by atoms with Gasteiger partial charge in [-0.25, -0.2) is 19.2 Å². The molecule has 2 aromatic carbocycles. The molecule has 0 amide bonds. The molecule has 14 heteroatoms. The van der Waals surface area contributed by atoms with Gasteiger partial charge in [-0.15, -0.1) is 0 Å². The monoisotopic (exact) mass is 950 g/mol. The highest BCUT2D eigenvalue weighted by molar-refractivity contribution is 5.96. The van der Waals surface area contributed by atoms with Crippen molar-refractivity contribution in [1.29, 1.82) is 0 Å². The van der Waals surface area contributed by atoms with E-state index in [9.17, 15) is 39.3 Å². The maximum Gasteiger partial charge on any atom is 0.351 e. The topological polar surface area (TPSA) is 197 Å². The van der Waals surface area contributed by atoms with Gasteiger partial charge in [0.15, 0.2) is 5.78 Å². The maximum absolute atomic E-state index is 14.7. The van der Waals surface area contributed by atoms with Gasteiger partial charge >= 0.3 is 23.2 Å². The van der Waals surface area contributed by atoms with Crippen LogP contribution in [0.2, 0.25) is 0 Å². The summed E-state index contributed by atoms with van der Waals surface area (Å²) in [5.41, 5.74) is -4.54. The minimum atomic E-state index is -1.51. The van der Waals surface area contributed by atoms with Crippen molar-refractivity contribution < 1.29 is 48.0 Å². The Hall–Kier alpha value is -5.31. The fourth-order valence-electron chi connectivity index (χ4n) is 13.0. The summed E-state index contributed by atoms with van der Waals surface area (Å²) >= 11 is 0. The minimum Gasteiger partial charge on any atom is -0.455 e. The van der Waals surface area contributed by atoms with Crippen molar-refractivity contribution in [2.75, 3.05) is 36.0 Å². The third kappa shape index (κ3) is 8.62. The number of rotatable bonds is 15. The summed E-state index contributed by atoms with van der Waals surface area (Å²) in [6.07, 6.45) is 0.837. The third-order valence-electron chi connectivity index (χ3n) is 17.1. The van der Waals surface area contributed by atoms with E-state index in [2.05, 4.69) is 23.6 Å². The van der Waals surface area contributed by atoms with Gasteiger partial charge in [-0.3, -0.25) is 4.79 Å². The smallest absolute Gasteiger partial charge is 0.351 e. The molecule has 2 heterocycles. The van der Waals surface area contributed by atoms with Crippen LogP contribution in [0, 0.1) is 34.5 Å². The predicted molar refractivity (Wildman–Crippen MR) is 264 cm³/mol. The summed E-state index contributed by atoms with van der Waals surface area (Å²) in [7, 11) is 0. The van der Waals surface area contributed by atoms with Crippen LogP contribution in [-0.2, 0) is 14.3 Å². The molecular weight excluding hydrogens is 881 g/mol. The van der Waals surface area contributed by atoms with Crippen molar-refractivity contribution in [2.45, 2.75) is 143 Å². The summed E-state index contributed by atoms with van der Waals surface area (Å²) < 4.78 is 23.8. The second kappa shape index (κ2) is 18.8. The lowest BCUT2D eigenvalue weighted by Crippen LogP contribution is -2.63. The molecule has 3 saturated carbocycles. The number of carbonyl (C=O) groups is 3. The number of hydrogen-bond donors (Lipinski definition) is 3. The number of allylic oxidation sites excluding steroid dienone is 1. The molecule has 4 aliphatic rings. The van der Waals surface area contributed by atoms with Crippen molar-refractivity contribution in [2.24, 2.45) is 34.5 Å². The van der Waals surface area contributed by atoms with E-state index in [0.29, 0.717) is 59.1 Å². The summed E-state index contributed by atoms with van der Waals surface area (Å²) in [4.78, 5) is 74.5. The van der Waals surface area contributed by atoms with Crippen LogP contribution in [0.1, 0.15) is 134 Å². The van der Waals surface area contributed by atoms with Crippen LogP contribution in [0.3, 0.4) is 0 Å². The number of ether oxygens (including phenoxy) is 2. The van der Waals surface area contributed by atoms with Gasteiger partial charge in [0.2, 0.25) is 0 Å². The SMILES string of the molecule is CCN(CC)c1ccc2cc(C(=O)O[C@H]3C[C@@]4(C)[C@@H](C[C@H]3OC(=O)c3cc5ccc(N(CC)CC)cc5oc3=O)C(=O)C=C3[C@@H]4CC[C@]4(C)[C@@H]([C@@](C)(O)[C@H](O)CCC(C)C)CC[C@@]34O)c(=O)oc2c1. The first-order valence-corrected chi connectivity index (χ1v) is 25.1. The molecule has 0 bridgehead atoms. The summed E-state index contributed by atoms with van der Waals surface area (Å²) in [6, 6.07) is 13.6. The summed E-state index contributed by atoms with van der Waals surface area (Å²) in [6.45, 7) is 20.7. The van der Waals surface area contributed by atoms with Crippen LogP contribution in [0.25, 0.3) is 21.9 Å². The highest BCUT2D eigenvalue weighted by atomic mass is 16.6. The van der Waals surface area contributed by atoms with Crippen LogP contribution in [0.5, 0.6) is 0 Å². The van der Waals surface area contributed by atoms with Crippen LogP contribution in [0.4, 0.5) is 11.4 Å². The number of hydrogen-bond acceptors (Lipinski definition) is 14. The fourth-order valence-corrected chi connectivity index (χ4v) is 13.0. The predicted octanol–water partition coefficient (Wildman–Crippen LogP) is 8.37. The Morgan fingerprint density at radius 1 is 0.768 bits per heavy atom. The molecule has 4 aliphatic carbocycles. The zero-order valence-electron chi connectivity index (χ0n) is 41.6. The number of benzene rings is 2. The first-order valence-electron chi connectivity index (χ1n) is 25.1. The average Bonchev–Trinajstić information content (AvgIpc) is 3.60. The lowest BCUT2D eigenvalue weighted by atomic mass is 9.45. The number of fused-ring (bicyclic) bond motifs is 7. The first-order chi connectivity index (χ1) is 32.6. The van der Waals surface area contributed by atoms with Gasteiger partial charge in [-0.05, 0) is 157 Å². The lowest BCUT2D eigenvalue weighted by molar-refractivity contribution is -0.176. The van der Waals surface area contributed by atoms with E-state index < -0.39 is 75.4 Å². The van der Waals surface area contributed by atoms with E-state index in [4.69, 9.17) is 18.3 Å². The van der Waals surface area contributed by atoms with Gasteiger partial charge in [0.05, 0.1) is 17.3 Å². The number of carbonyl (C=O) groups excluding carboxylic acids is 3. The summed E-state index contributed by atoms with van der Waals surface area (Å²) in [5, 5.41) is 37.4. The third-order valence-corrected chi connectivity index (χ3v) is 17.1. The van der Waals surface area contributed by atoms with Gasteiger partial charge in [0.1, 0.15) is 34.5 Å². The van der Waals surface area contributed by atoms with Gasteiger partial charge < -0.3 is 43.4 Å². The molecule has 4 aromatic rings. The molecule has 8 rings (SSSR count). The van der Waals surface area contributed by atoms with Crippen LogP contribution < -0.4 is 21.1 Å². The Kier molecular flexibility index (Phi) is 13.6. The molecule has 10 atom stereocenters. The number of aliphatic hydroxyl groups is 3. The quantitative estimate of drug-likeness (QED) is 0.0759. The molecule has 0 radical (unpaired) electrons. The largest absolute Gasteiger partial charge is 0.455 e. The van der Waals surface area contributed by atoms with E-state index in [1.807, 2.05) is 53.7 Å². The molecule has 14 nitrogen and oxygen atoms in total. The molecule has 0 unspecified atom stereocenters. The van der Waals surface area contributed by atoms with E-state index in [0.717, 1.165) is 44.0 Å². The van der Waals surface area contributed by atoms with E-state index in [-0.39, 0.29) is 42.1 Å². The average molecular weight is 951 g/mol. The number of esters is 2. The minimum absolute atomic E-state index is 0.00353. The molecule has 0 saturated heterocycles. The molecule has 3 fully saturated rings. The zero-order valence-corrected chi connectivity index (χ0v) is 41.6. The van der Waals surface area contributed by atoms with Gasteiger partial charge in [-0.2, -0.15) is 0 Å². The summed E-state index contributed by atoms with van der Waals surface area (Å²) in [5.74, 6) is -3.59. The molecule has 2 aromatic heterocycles. The van der Waals surface area contributed by atoms with E-state index in [1.54, 1.807) is 37.3 Å². The Balaban J connectivity index is 1.14. The zero-order chi connectivity index (χ0) is 50.0. The van der Waals surface area contributed by atoms with E-state index >= 15 is 0 Å². The van der Waals surface area contributed by atoms with Crippen molar-refractivity contribution in [1.82, 2.24) is 0 Å². The van der Waals surface area contributed by atoms with Crippen molar-refractivity contribution in [3.8, 4) is 0 Å². The van der Waals surface area contributed by atoms with E-state index in [1.165, 1.54) is 12.1 Å². The Morgan fingerprint density at radius 2 is 1.29 bits per heavy atom. The maximum atomic E-state index is 14.7. The normalized spacial score (nSPS) is 28.9. The standard InChI is InChI=1S/C55H70N2O12/c1-10-56(11-2)34-17-15-32-24-36(48(60)66-42(32)26-34)50(62)68-44-29-40-41(58)28-39-38(20-22-53(8)46(21-23-55(39,53)65)54(9,64)47(59)19-14-31(5)6)52(40,7)30-45(44)69-51(63)37-25-33-16-18-35(57(12-3)13-4)27-43(33)67-49(37)61/h15-18,24-28,31,38,40,44-47,59,64-65H,10-14,19-23,29-30H2,1-9H3/t38-,40-,44+,45-,46-,47+,52+,53+,54+,55+/m0/s1. The highest BCUT2D eigenvalue weighted by Crippen LogP contribution is 2.69. The fraction of sp³-hybridized carbons (Fsp3) is 0.582. The van der Waals surface area contributed by atoms with Gasteiger partial charge in [0.25, 0.3) is 0 Å².